The number of nitrogens with one attached hydrogen (secondary N) is 3. The third-order valence-electron chi connectivity index (χ3n) is 5.12. The van der Waals surface area contributed by atoms with Crippen LogP contribution in [0, 0.1) is 5.41 Å². The third-order valence-corrected chi connectivity index (χ3v) is 5.12. The van der Waals surface area contributed by atoms with Crippen molar-refractivity contribution in [1.29, 1.82) is 5.41 Å². The molecule has 31 heavy (non-hydrogen) atoms. The molecule has 1 heterocycles. The topological polar surface area (TPSA) is 124 Å². The van der Waals surface area contributed by atoms with E-state index in [4.69, 9.17) is 15.9 Å². The summed E-state index contributed by atoms with van der Waals surface area (Å²) in [6, 6.07) is 14.8. The maximum absolute atomic E-state index is 12.5. The van der Waals surface area contributed by atoms with Crippen molar-refractivity contribution in [3.05, 3.63) is 54.1 Å². The number of benzene rings is 2. The van der Waals surface area contributed by atoms with E-state index < -0.39 is 0 Å². The van der Waals surface area contributed by atoms with Crippen molar-refractivity contribution in [2.45, 2.75) is 0 Å². The number of carbonyl (C=O) groups excluding carboxylic acids is 2. The summed E-state index contributed by atoms with van der Waals surface area (Å²) in [4.78, 5) is 28.5. The molecule has 3 rings (SSSR count). The molecule has 1 fully saturated rings. The number of carbonyl (C=O) groups is 2. The highest BCUT2D eigenvalue weighted by atomic mass is 16.5. The van der Waals surface area contributed by atoms with Gasteiger partial charge < -0.3 is 30.9 Å². The number of nitrogens with two attached hydrogens (primary N) is 1. The lowest BCUT2D eigenvalue weighted by Gasteiger charge is -2.36. The van der Waals surface area contributed by atoms with Crippen LogP contribution in [-0.4, -0.2) is 68.9 Å². The highest BCUT2D eigenvalue weighted by molar-refractivity contribution is 5.96. The second-order valence-corrected chi connectivity index (χ2v) is 7.16. The van der Waals surface area contributed by atoms with Crippen LogP contribution < -0.4 is 26.0 Å². The fourth-order valence-electron chi connectivity index (χ4n) is 3.42. The number of amides is 2. The Morgan fingerprint density at radius 2 is 1.81 bits per heavy atom. The molecule has 1 aliphatic heterocycles. The minimum atomic E-state index is -0.283. The van der Waals surface area contributed by atoms with E-state index in [0.29, 0.717) is 37.4 Å². The Kier molecular flexibility index (Phi) is 7.31. The van der Waals surface area contributed by atoms with Gasteiger partial charge in [-0.2, -0.15) is 0 Å². The fourth-order valence-corrected chi connectivity index (χ4v) is 3.42. The molecule has 0 aliphatic carbocycles. The molecule has 0 unspecified atom stereocenters. The Morgan fingerprint density at radius 1 is 1.06 bits per heavy atom. The number of hydrogen-bond acceptors (Lipinski definition) is 6. The normalized spacial score (nSPS) is 13.5. The van der Waals surface area contributed by atoms with E-state index in [9.17, 15) is 9.59 Å². The molecule has 9 heteroatoms. The lowest BCUT2D eigenvalue weighted by atomic mass is 10.2. The molecule has 2 aromatic rings. The van der Waals surface area contributed by atoms with Crippen molar-refractivity contribution in [3.63, 3.8) is 0 Å². The van der Waals surface area contributed by atoms with Crippen molar-refractivity contribution < 1.29 is 14.3 Å². The monoisotopic (exact) mass is 424 g/mol. The quantitative estimate of drug-likeness (QED) is 0.368. The summed E-state index contributed by atoms with van der Waals surface area (Å²) < 4.78 is 5.42. The molecule has 1 saturated heterocycles. The van der Waals surface area contributed by atoms with Crippen LogP contribution in [0.2, 0.25) is 0 Å². The van der Waals surface area contributed by atoms with E-state index in [1.807, 2.05) is 24.3 Å². The van der Waals surface area contributed by atoms with Crippen molar-refractivity contribution >= 4 is 29.0 Å². The predicted octanol–water partition coefficient (Wildman–Crippen LogP) is 0.856. The molecule has 0 saturated carbocycles. The summed E-state index contributed by atoms with van der Waals surface area (Å²) in [5, 5.41) is 13.1. The van der Waals surface area contributed by atoms with E-state index in [-0.39, 0.29) is 30.7 Å². The predicted molar refractivity (Wildman–Crippen MR) is 121 cm³/mol. The van der Waals surface area contributed by atoms with Crippen molar-refractivity contribution in [1.82, 2.24) is 10.2 Å². The van der Waals surface area contributed by atoms with Gasteiger partial charge in [0.1, 0.15) is 11.6 Å². The second-order valence-electron chi connectivity index (χ2n) is 7.16. The summed E-state index contributed by atoms with van der Waals surface area (Å²) in [6.07, 6.45) is 0. The molecule has 1 aliphatic rings. The molecule has 2 amide bonds. The van der Waals surface area contributed by atoms with Gasteiger partial charge in [-0.15, -0.1) is 0 Å². The van der Waals surface area contributed by atoms with E-state index in [1.165, 1.54) is 0 Å². The zero-order chi connectivity index (χ0) is 22.2. The molecule has 9 nitrogen and oxygen atoms in total. The average molecular weight is 425 g/mol. The summed E-state index contributed by atoms with van der Waals surface area (Å²) in [7, 11) is 1.65. The first kappa shape index (κ1) is 21.9. The van der Waals surface area contributed by atoms with Gasteiger partial charge >= 0.3 is 0 Å². The highest BCUT2D eigenvalue weighted by Gasteiger charge is 2.23. The van der Waals surface area contributed by atoms with Crippen LogP contribution in [0.5, 0.6) is 5.75 Å². The first-order valence-electron chi connectivity index (χ1n) is 10.1. The number of methoxy groups -OCH3 is 1. The lowest BCUT2D eigenvalue weighted by Crippen LogP contribution is -2.51. The summed E-state index contributed by atoms with van der Waals surface area (Å²) in [5.74, 6) is 0.390. The van der Waals surface area contributed by atoms with Gasteiger partial charge in [0.05, 0.1) is 25.9 Å². The lowest BCUT2D eigenvalue weighted by molar-refractivity contribution is -0.132. The molecule has 0 spiro atoms. The Balaban J connectivity index is 1.41. The zero-order valence-corrected chi connectivity index (χ0v) is 17.6. The molecule has 0 aromatic heterocycles. The third kappa shape index (κ3) is 5.88. The maximum Gasteiger partial charge on any atom is 0.242 e. The minimum absolute atomic E-state index is 0.0240. The number of amidine groups is 1. The van der Waals surface area contributed by atoms with Gasteiger partial charge in [0, 0.05) is 37.4 Å². The van der Waals surface area contributed by atoms with E-state index in [0.717, 1.165) is 11.4 Å². The summed E-state index contributed by atoms with van der Waals surface area (Å²) >= 11 is 0. The van der Waals surface area contributed by atoms with Crippen molar-refractivity contribution in [3.8, 4) is 5.75 Å². The van der Waals surface area contributed by atoms with Crippen LogP contribution in [0.25, 0.3) is 0 Å². The first-order chi connectivity index (χ1) is 15.0. The summed E-state index contributed by atoms with van der Waals surface area (Å²) in [5.41, 5.74) is 7.75. The minimum Gasteiger partial charge on any atom is -0.495 e. The molecule has 5 N–H and O–H groups in total. The van der Waals surface area contributed by atoms with E-state index >= 15 is 0 Å². The number of nitrogen functional groups attached to an aromatic ring is 1. The Bertz CT molecular complexity index is 940. The van der Waals surface area contributed by atoms with Crippen LogP contribution in [-0.2, 0) is 9.59 Å². The van der Waals surface area contributed by atoms with Gasteiger partial charge in [0.25, 0.3) is 0 Å². The molecular formula is C22H28N6O3. The SMILES string of the molecule is COc1ccccc1N1CCN(C(=O)CNC(=O)CNc2cccc(C(=N)N)c2)CC1. The zero-order valence-electron chi connectivity index (χ0n) is 17.6. The van der Waals surface area contributed by atoms with Gasteiger partial charge in [0.2, 0.25) is 11.8 Å². The standard InChI is InChI=1S/C22H28N6O3/c1-31-19-8-3-2-7-18(19)27-9-11-28(12-10-27)21(30)15-26-20(29)14-25-17-6-4-5-16(13-17)22(23)24/h2-8,13,25H,9-12,14-15H2,1H3,(H3,23,24)(H,26,29). The van der Waals surface area contributed by atoms with Gasteiger partial charge in [-0.3, -0.25) is 15.0 Å². The number of para-hydroxylation sites is 2. The Labute approximate surface area is 181 Å². The van der Waals surface area contributed by atoms with E-state index in [1.54, 1.807) is 36.3 Å². The second kappa shape index (κ2) is 10.3. The number of ether oxygens (including phenoxy) is 1. The largest absolute Gasteiger partial charge is 0.495 e. The molecule has 0 bridgehead atoms. The molecule has 0 atom stereocenters. The number of rotatable bonds is 8. The molecule has 164 valence electrons. The molecule has 2 aromatic carbocycles. The number of hydrogen-bond donors (Lipinski definition) is 4. The number of anilines is 2. The first-order valence-corrected chi connectivity index (χ1v) is 10.1. The van der Waals surface area contributed by atoms with Crippen LogP contribution >= 0.6 is 0 Å². The van der Waals surface area contributed by atoms with Crippen LogP contribution in [0.3, 0.4) is 0 Å². The van der Waals surface area contributed by atoms with Crippen molar-refractivity contribution in [2.24, 2.45) is 5.73 Å². The number of nitrogens with zero attached hydrogens (tertiary/aromatic N) is 2. The number of piperazine rings is 1. The molecule has 0 radical (unpaired) electrons. The highest BCUT2D eigenvalue weighted by Crippen LogP contribution is 2.28. The van der Waals surface area contributed by atoms with Gasteiger partial charge in [-0.05, 0) is 24.3 Å². The average Bonchev–Trinajstić information content (AvgIpc) is 2.81. The van der Waals surface area contributed by atoms with Gasteiger partial charge in [-0.25, -0.2) is 0 Å². The van der Waals surface area contributed by atoms with Crippen molar-refractivity contribution in [2.75, 3.05) is 56.6 Å². The van der Waals surface area contributed by atoms with Crippen LogP contribution in [0.4, 0.5) is 11.4 Å². The molecular weight excluding hydrogens is 396 g/mol. The maximum atomic E-state index is 12.5. The summed E-state index contributed by atoms with van der Waals surface area (Å²) in [6.45, 7) is 2.56. The van der Waals surface area contributed by atoms with Gasteiger partial charge in [0.15, 0.2) is 0 Å². The Hall–Kier alpha value is -3.75. The van der Waals surface area contributed by atoms with Gasteiger partial charge in [-0.1, -0.05) is 24.3 Å². The van der Waals surface area contributed by atoms with Crippen LogP contribution in [0.15, 0.2) is 48.5 Å². The fraction of sp³-hybridized carbons (Fsp3) is 0.318. The van der Waals surface area contributed by atoms with E-state index in [2.05, 4.69) is 15.5 Å². The van der Waals surface area contributed by atoms with Crippen LogP contribution in [0.1, 0.15) is 5.56 Å². The smallest absolute Gasteiger partial charge is 0.242 e. The Morgan fingerprint density at radius 3 is 2.52 bits per heavy atom.